The van der Waals surface area contributed by atoms with Gasteiger partial charge in [0.1, 0.15) is 6.04 Å². The lowest BCUT2D eigenvalue weighted by Crippen LogP contribution is -2.45. The lowest BCUT2D eigenvalue weighted by Gasteiger charge is -2.16. The van der Waals surface area contributed by atoms with Crippen molar-refractivity contribution in [1.82, 2.24) is 4.72 Å². The minimum Gasteiger partial charge on any atom is -0.480 e. The molecule has 0 aromatic heterocycles. The van der Waals surface area contributed by atoms with Crippen molar-refractivity contribution in [2.45, 2.75) is 24.1 Å². The Labute approximate surface area is 105 Å². The summed E-state index contributed by atoms with van der Waals surface area (Å²) in [5.74, 6) is -2.11. The molecule has 10 heteroatoms. The first-order valence-electron chi connectivity index (χ1n) is 5.23. The maximum absolute atomic E-state index is 11.8. The summed E-state index contributed by atoms with van der Waals surface area (Å²) >= 11 is 0. The minimum atomic E-state index is -4.02. The van der Waals surface area contributed by atoms with E-state index in [1.807, 2.05) is 4.72 Å². The van der Waals surface area contributed by atoms with Gasteiger partial charge in [0.2, 0.25) is 10.0 Å². The van der Waals surface area contributed by atoms with Crippen LogP contribution in [0, 0.1) is 0 Å². The topological polar surface area (TPSA) is 138 Å². The second-order valence-electron chi connectivity index (χ2n) is 4.09. The molecule has 1 rings (SSSR count). The molecule has 1 aliphatic rings. The lowest BCUT2D eigenvalue weighted by atomic mass is 10.2. The van der Waals surface area contributed by atoms with Gasteiger partial charge in [0.25, 0.3) is 0 Å². The third kappa shape index (κ3) is 3.90. The van der Waals surface area contributed by atoms with Gasteiger partial charge in [-0.1, -0.05) is 0 Å². The van der Waals surface area contributed by atoms with Crippen molar-refractivity contribution in [3.05, 3.63) is 0 Å². The van der Waals surface area contributed by atoms with Gasteiger partial charge in [-0.05, 0) is 12.8 Å². The highest BCUT2D eigenvalue weighted by Crippen LogP contribution is 2.18. The van der Waals surface area contributed by atoms with Gasteiger partial charge in [0.15, 0.2) is 9.84 Å². The number of nitrogens with one attached hydrogen (secondary N) is 1. The fourth-order valence-electron chi connectivity index (χ4n) is 1.66. The van der Waals surface area contributed by atoms with Gasteiger partial charge in [-0.2, -0.15) is 0 Å². The van der Waals surface area contributed by atoms with Crippen LogP contribution < -0.4 is 4.72 Å². The zero-order valence-corrected chi connectivity index (χ0v) is 11.1. The first-order chi connectivity index (χ1) is 8.18. The van der Waals surface area contributed by atoms with Gasteiger partial charge in [-0.3, -0.25) is 4.79 Å². The summed E-state index contributed by atoms with van der Waals surface area (Å²) in [7, 11) is -7.38. The van der Waals surface area contributed by atoms with E-state index >= 15 is 0 Å². The minimum absolute atomic E-state index is 0.0386. The Morgan fingerprint density at radius 3 is 2.44 bits per heavy atom. The van der Waals surface area contributed by atoms with Crippen molar-refractivity contribution in [3.63, 3.8) is 0 Å². The van der Waals surface area contributed by atoms with E-state index in [0.717, 1.165) is 0 Å². The largest absolute Gasteiger partial charge is 0.480 e. The molecule has 0 saturated carbocycles. The Hall–Kier alpha value is -0.710. The lowest BCUT2D eigenvalue weighted by molar-refractivity contribution is -0.139. The number of hydrogen-bond acceptors (Lipinski definition) is 6. The zero-order valence-electron chi connectivity index (χ0n) is 9.44. The summed E-state index contributed by atoms with van der Waals surface area (Å²) in [4.78, 5) is 10.8. The predicted molar refractivity (Wildman–Crippen MR) is 62.2 cm³/mol. The highest BCUT2D eigenvalue weighted by Gasteiger charge is 2.38. The van der Waals surface area contributed by atoms with Crippen molar-refractivity contribution in [3.8, 4) is 0 Å². The average Bonchev–Trinajstić information content (AvgIpc) is 2.58. The first-order valence-corrected chi connectivity index (χ1v) is 8.60. The van der Waals surface area contributed by atoms with Crippen LogP contribution in [0.15, 0.2) is 0 Å². The fraction of sp³-hybridized carbons (Fsp3) is 0.875. The SMILES string of the molecule is O=C(O)C(CCO)NS(=O)(=O)C1CCS(=O)(=O)C1. The predicted octanol–water partition coefficient (Wildman–Crippen LogP) is -2.07. The van der Waals surface area contributed by atoms with E-state index in [1.165, 1.54) is 0 Å². The number of aliphatic hydroxyl groups is 1. The Morgan fingerprint density at radius 2 is 2.06 bits per heavy atom. The summed E-state index contributed by atoms with van der Waals surface area (Å²) < 4.78 is 47.9. The van der Waals surface area contributed by atoms with Crippen LogP contribution >= 0.6 is 0 Å². The number of carboxylic acid groups (broad SMARTS) is 1. The molecule has 1 aliphatic heterocycles. The van der Waals surface area contributed by atoms with Crippen LogP contribution in [0.4, 0.5) is 0 Å². The molecule has 0 amide bonds. The summed E-state index contributed by atoms with van der Waals surface area (Å²) in [6.45, 7) is -0.484. The van der Waals surface area contributed by atoms with E-state index in [1.54, 1.807) is 0 Å². The molecule has 2 atom stereocenters. The monoisotopic (exact) mass is 301 g/mol. The molecule has 0 aromatic carbocycles. The first kappa shape index (κ1) is 15.3. The molecule has 0 bridgehead atoms. The molecular weight excluding hydrogens is 286 g/mol. The second-order valence-corrected chi connectivity index (χ2v) is 8.31. The molecule has 0 aliphatic carbocycles. The van der Waals surface area contributed by atoms with E-state index < -0.39 is 49.5 Å². The van der Waals surface area contributed by atoms with E-state index in [4.69, 9.17) is 10.2 Å². The van der Waals surface area contributed by atoms with E-state index in [0.29, 0.717) is 0 Å². The third-order valence-corrected chi connectivity index (χ3v) is 6.52. The van der Waals surface area contributed by atoms with Crippen molar-refractivity contribution >= 4 is 25.8 Å². The van der Waals surface area contributed by atoms with Crippen LogP contribution in [0.1, 0.15) is 12.8 Å². The zero-order chi connectivity index (χ0) is 14.0. The smallest absolute Gasteiger partial charge is 0.321 e. The molecular formula is C8H15NO7S2. The van der Waals surface area contributed by atoms with Crippen LogP contribution in [0.5, 0.6) is 0 Å². The number of aliphatic hydroxyl groups excluding tert-OH is 1. The van der Waals surface area contributed by atoms with Gasteiger partial charge >= 0.3 is 5.97 Å². The number of carboxylic acids is 1. The van der Waals surface area contributed by atoms with Gasteiger partial charge < -0.3 is 10.2 Å². The molecule has 3 N–H and O–H groups in total. The number of aliphatic carboxylic acids is 1. The molecule has 106 valence electrons. The normalized spacial score (nSPS) is 24.8. The number of hydrogen-bond donors (Lipinski definition) is 3. The van der Waals surface area contributed by atoms with Crippen LogP contribution in [-0.2, 0) is 24.7 Å². The second kappa shape index (κ2) is 5.51. The molecule has 1 heterocycles. The highest BCUT2D eigenvalue weighted by molar-refractivity contribution is 7.95. The molecule has 0 spiro atoms. The van der Waals surface area contributed by atoms with Crippen LogP contribution in [0.3, 0.4) is 0 Å². The van der Waals surface area contributed by atoms with Crippen molar-refractivity contribution in [1.29, 1.82) is 0 Å². The van der Waals surface area contributed by atoms with Gasteiger partial charge in [-0.25, -0.2) is 21.6 Å². The quantitative estimate of drug-likeness (QED) is 0.512. The maximum atomic E-state index is 11.8. The van der Waals surface area contributed by atoms with Crippen LogP contribution in [-0.4, -0.2) is 62.4 Å². The Bertz CT molecular complexity index is 510. The number of sulfonamides is 1. The van der Waals surface area contributed by atoms with Crippen LogP contribution in [0.2, 0.25) is 0 Å². The molecule has 1 fully saturated rings. The maximum Gasteiger partial charge on any atom is 0.321 e. The van der Waals surface area contributed by atoms with Crippen molar-refractivity contribution < 1.29 is 31.8 Å². The third-order valence-electron chi connectivity index (χ3n) is 2.65. The van der Waals surface area contributed by atoms with Crippen molar-refractivity contribution in [2.75, 3.05) is 18.1 Å². The summed E-state index contributed by atoms with van der Waals surface area (Å²) in [6.07, 6.45) is -0.308. The summed E-state index contributed by atoms with van der Waals surface area (Å²) in [5, 5.41) is 16.3. The van der Waals surface area contributed by atoms with E-state index in [9.17, 15) is 21.6 Å². The molecule has 0 radical (unpaired) electrons. The Morgan fingerprint density at radius 1 is 1.44 bits per heavy atom. The molecule has 0 aromatic rings. The van der Waals surface area contributed by atoms with Crippen molar-refractivity contribution in [2.24, 2.45) is 0 Å². The van der Waals surface area contributed by atoms with Gasteiger partial charge in [-0.15, -0.1) is 0 Å². The van der Waals surface area contributed by atoms with E-state index in [-0.39, 0.29) is 18.6 Å². The molecule has 8 nitrogen and oxygen atoms in total. The van der Waals surface area contributed by atoms with Gasteiger partial charge in [0, 0.05) is 6.61 Å². The Balaban J connectivity index is 2.78. The summed E-state index contributed by atoms with van der Waals surface area (Å²) in [6, 6.07) is -1.44. The number of rotatable bonds is 6. The number of carbonyl (C=O) groups is 1. The van der Waals surface area contributed by atoms with Crippen LogP contribution in [0.25, 0.3) is 0 Å². The summed E-state index contributed by atoms with van der Waals surface area (Å²) in [5.41, 5.74) is 0. The standard InChI is InChI=1S/C8H15NO7S2/c10-3-1-7(8(11)12)9-18(15,16)6-2-4-17(13,14)5-6/h6-7,9-10H,1-5H2,(H,11,12). The fourth-order valence-corrected chi connectivity index (χ4v) is 5.93. The molecule has 1 saturated heterocycles. The molecule has 2 unspecified atom stereocenters. The average molecular weight is 301 g/mol. The number of sulfone groups is 1. The Kier molecular flexibility index (Phi) is 4.70. The molecule has 18 heavy (non-hydrogen) atoms. The van der Waals surface area contributed by atoms with Gasteiger partial charge in [0.05, 0.1) is 16.8 Å². The van der Waals surface area contributed by atoms with E-state index in [2.05, 4.69) is 0 Å². The highest BCUT2D eigenvalue weighted by atomic mass is 32.2.